The van der Waals surface area contributed by atoms with E-state index in [0.717, 1.165) is 5.56 Å². The second-order valence-corrected chi connectivity index (χ2v) is 6.70. The molecule has 0 aliphatic rings. The normalized spacial score (nSPS) is 13.3. The Balaban J connectivity index is 2.19. The lowest BCUT2D eigenvalue weighted by atomic mass is 10.2. The fraction of sp³-hybridized carbons (Fsp3) is 0.357. The number of nitrogens with zero attached hydrogens (tertiary/aromatic N) is 2. The van der Waals surface area contributed by atoms with Gasteiger partial charge in [-0.25, -0.2) is 13.1 Å². The maximum absolute atomic E-state index is 12.1. The summed E-state index contributed by atoms with van der Waals surface area (Å²) in [5.41, 5.74) is 1.48. The van der Waals surface area contributed by atoms with E-state index in [1.54, 1.807) is 11.6 Å². The molecule has 0 spiro atoms. The van der Waals surface area contributed by atoms with Crippen LogP contribution in [-0.2, 0) is 16.6 Å². The van der Waals surface area contributed by atoms with Crippen LogP contribution >= 0.6 is 0 Å². The van der Waals surface area contributed by atoms with Crippen molar-refractivity contribution in [3.8, 4) is 0 Å². The van der Waals surface area contributed by atoms with E-state index >= 15 is 0 Å². The lowest BCUT2D eigenvalue weighted by Gasteiger charge is -2.07. The average Bonchev–Trinajstić information content (AvgIpc) is 2.79. The van der Waals surface area contributed by atoms with Crippen molar-refractivity contribution < 1.29 is 13.5 Å². The van der Waals surface area contributed by atoms with E-state index in [1.165, 1.54) is 13.1 Å². The monoisotopic (exact) mass is 309 g/mol. The fourth-order valence-electron chi connectivity index (χ4n) is 1.92. The molecule has 6 nitrogen and oxygen atoms in total. The number of aliphatic hydroxyl groups is 1. The maximum atomic E-state index is 12.1. The number of benzene rings is 1. The van der Waals surface area contributed by atoms with Gasteiger partial charge in [0.2, 0.25) is 10.0 Å². The molecule has 7 heteroatoms. The van der Waals surface area contributed by atoms with E-state index in [-0.39, 0.29) is 11.4 Å². The Kier molecular flexibility index (Phi) is 4.76. The van der Waals surface area contributed by atoms with Crippen molar-refractivity contribution in [3.63, 3.8) is 0 Å². The van der Waals surface area contributed by atoms with Crippen molar-refractivity contribution >= 4 is 10.0 Å². The molecule has 1 unspecified atom stereocenters. The van der Waals surface area contributed by atoms with E-state index in [9.17, 15) is 13.5 Å². The van der Waals surface area contributed by atoms with Crippen molar-refractivity contribution in [1.29, 1.82) is 0 Å². The van der Waals surface area contributed by atoms with Crippen molar-refractivity contribution in [2.24, 2.45) is 0 Å². The zero-order chi connectivity index (χ0) is 15.5. The molecule has 2 rings (SSSR count). The first-order chi connectivity index (χ1) is 9.88. The third-order valence-electron chi connectivity index (χ3n) is 2.95. The number of hydrogen-bond donors (Lipinski definition) is 2. The second kappa shape index (κ2) is 6.38. The third-order valence-corrected chi connectivity index (χ3v) is 4.47. The Hall–Kier alpha value is -1.70. The molecular formula is C14H19N3O3S. The van der Waals surface area contributed by atoms with Gasteiger partial charge in [0.05, 0.1) is 18.3 Å². The standard InChI is InChI=1S/C14H19N3O3S/c1-11(18)8-15-21(19,20)14-10-17(16-12(14)2)9-13-6-4-3-5-7-13/h3-7,10-11,15,18H,8-9H2,1-2H3. The van der Waals surface area contributed by atoms with Gasteiger partial charge < -0.3 is 5.11 Å². The first-order valence-electron chi connectivity index (χ1n) is 6.64. The first kappa shape index (κ1) is 15.7. The highest BCUT2D eigenvalue weighted by atomic mass is 32.2. The summed E-state index contributed by atoms with van der Waals surface area (Å²) < 4.78 is 28.3. The summed E-state index contributed by atoms with van der Waals surface area (Å²) in [6.07, 6.45) is 0.770. The molecule has 0 bridgehead atoms. The van der Waals surface area contributed by atoms with Gasteiger partial charge in [-0.05, 0) is 19.4 Å². The zero-order valence-electron chi connectivity index (χ0n) is 12.0. The van der Waals surface area contributed by atoms with Crippen LogP contribution in [0.3, 0.4) is 0 Å². The minimum Gasteiger partial charge on any atom is -0.392 e. The Morgan fingerprint density at radius 3 is 2.62 bits per heavy atom. The molecule has 0 radical (unpaired) electrons. The molecule has 0 saturated heterocycles. The topological polar surface area (TPSA) is 84.2 Å². The Labute approximate surface area is 124 Å². The summed E-state index contributed by atoms with van der Waals surface area (Å²) >= 11 is 0. The van der Waals surface area contributed by atoms with E-state index in [1.807, 2.05) is 30.3 Å². The van der Waals surface area contributed by atoms with E-state index in [4.69, 9.17) is 0 Å². The minimum atomic E-state index is -3.65. The van der Waals surface area contributed by atoms with Gasteiger partial charge in [-0.2, -0.15) is 5.10 Å². The largest absolute Gasteiger partial charge is 0.392 e. The van der Waals surface area contributed by atoms with Gasteiger partial charge in [-0.3, -0.25) is 4.68 Å². The summed E-state index contributed by atoms with van der Waals surface area (Å²) in [6, 6.07) is 9.68. The molecule has 1 heterocycles. The fourth-order valence-corrected chi connectivity index (χ4v) is 3.23. The molecule has 1 aromatic heterocycles. The Morgan fingerprint density at radius 1 is 1.33 bits per heavy atom. The van der Waals surface area contributed by atoms with Crippen LogP contribution in [0.1, 0.15) is 18.2 Å². The van der Waals surface area contributed by atoms with Crippen LogP contribution in [0, 0.1) is 6.92 Å². The van der Waals surface area contributed by atoms with Crippen LogP contribution in [0.5, 0.6) is 0 Å². The molecule has 0 aliphatic heterocycles. The van der Waals surface area contributed by atoms with Gasteiger partial charge in [0, 0.05) is 12.7 Å². The van der Waals surface area contributed by atoms with Crippen LogP contribution < -0.4 is 4.72 Å². The number of aryl methyl sites for hydroxylation is 1. The number of aliphatic hydroxyl groups excluding tert-OH is 1. The van der Waals surface area contributed by atoms with Gasteiger partial charge in [0.25, 0.3) is 0 Å². The molecule has 0 fully saturated rings. The van der Waals surface area contributed by atoms with E-state index in [0.29, 0.717) is 12.2 Å². The quantitative estimate of drug-likeness (QED) is 0.830. The van der Waals surface area contributed by atoms with Crippen LogP contribution in [0.2, 0.25) is 0 Å². The number of sulfonamides is 1. The molecule has 1 aromatic carbocycles. The molecule has 0 saturated carbocycles. The molecule has 21 heavy (non-hydrogen) atoms. The summed E-state index contributed by atoms with van der Waals surface area (Å²) in [5, 5.41) is 13.4. The van der Waals surface area contributed by atoms with Gasteiger partial charge in [0.15, 0.2) is 0 Å². The summed E-state index contributed by atoms with van der Waals surface area (Å²) in [6.45, 7) is 3.66. The van der Waals surface area contributed by atoms with Crippen molar-refractivity contribution in [3.05, 3.63) is 47.8 Å². The van der Waals surface area contributed by atoms with Crippen LogP contribution in [-0.4, -0.2) is 36.0 Å². The second-order valence-electron chi connectivity index (χ2n) is 4.96. The predicted octanol–water partition coefficient (Wildman–Crippen LogP) is 0.899. The number of nitrogens with one attached hydrogen (secondary N) is 1. The minimum absolute atomic E-state index is 0.0222. The lowest BCUT2D eigenvalue weighted by Crippen LogP contribution is -2.30. The van der Waals surface area contributed by atoms with Crippen LogP contribution in [0.25, 0.3) is 0 Å². The zero-order valence-corrected chi connectivity index (χ0v) is 12.8. The van der Waals surface area contributed by atoms with Crippen molar-refractivity contribution in [2.45, 2.75) is 31.4 Å². The highest BCUT2D eigenvalue weighted by molar-refractivity contribution is 7.89. The van der Waals surface area contributed by atoms with Gasteiger partial charge >= 0.3 is 0 Å². The van der Waals surface area contributed by atoms with Gasteiger partial charge in [-0.15, -0.1) is 0 Å². The molecular weight excluding hydrogens is 290 g/mol. The number of aromatic nitrogens is 2. The summed E-state index contributed by atoms with van der Waals surface area (Å²) in [4.78, 5) is 0.138. The molecule has 1 atom stereocenters. The van der Waals surface area contributed by atoms with Crippen molar-refractivity contribution in [2.75, 3.05) is 6.54 Å². The lowest BCUT2D eigenvalue weighted by molar-refractivity contribution is 0.198. The highest BCUT2D eigenvalue weighted by Gasteiger charge is 2.20. The maximum Gasteiger partial charge on any atom is 0.244 e. The molecule has 114 valence electrons. The van der Waals surface area contributed by atoms with Gasteiger partial charge in [-0.1, -0.05) is 30.3 Å². The third kappa shape index (κ3) is 4.13. The van der Waals surface area contributed by atoms with E-state index < -0.39 is 16.1 Å². The Morgan fingerprint density at radius 2 is 2.00 bits per heavy atom. The molecule has 2 N–H and O–H groups in total. The smallest absolute Gasteiger partial charge is 0.244 e. The Bertz CT molecular complexity index is 694. The summed E-state index contributed by atoms with van der Waals surface area (Å²) in [5.74, 6) is 0. The van der Waals surface area contributed by atoms with Crippen LogP contribution in [0.15, 0.2) is 41.4 Å². The number of hydrogen-bond acceptors (Lipinski definition) is 4. The first-order valence-corrected chi connectivity index (χ1v) is 8.12. The molecule has 0 aliphatic carbocycles. The van der Waals surface area contributed by atoms with Crippen molar-refractivity contribution in [1.82, 2.24) is 14.5 Å². The van der Waals surface area contributed by atoms with Crippen LogP contribution in [0.4, 0.5) is 0 Å². The molecule has 0 amide bonds. The average molecular weight is 309 g/mol. The number of rotatable bonds is 6. The van der Waals surface area contributed by atoms with Gasteiger partial charge in [0.1, 0.15) is 4.90 Å². The summed E-state index contributed by atoms with van der Waals surface area (Å²) in [7, 11) is -3.65. The highest BCUT2D eigenvalue weighted by Crippen LogP contribution is 2.14. The van der Waals surface area contributed by atoms with E-state index in [2.05, 4.69) is 9.82 Å². The predicted molar refractivity (Wildman–Crippen MR) is 79.4 cm³/mol. The SMILES string of the molecule is Cc1nn(Cc2ccccc2)cc1S(=O)(=O)NCC(C)O. The molecule has 2 aromatic rings.